The predicted octanol–water partition coefficient (Wildman–Crippen LogP) is 4.91. The Hall–Kier alpha value is -2.76. The Bertz CT molecular complexity index is 841. The first-order valence-corrected chi connectivity index (χ1v) is 9.63. The third-order valence-corrected chi connectivity index (χ3v) is 5.34. The Morgan fingerprint density at radius 2 is 1.39 bits per heavy atom. The zero-order valence-electron chi connectivity index (χ0n) is 15.8. The van der Waals surface area contributed by atoms with Crippen LogP contribution in [-0.4, -0.2) is 11.8 Å². The molecule has 1 aliphatic rings. The number of amides is 2. The highest BCUT2D eigenvalue weighted by atomic mass is 19.1. The molecule has 0 heterocycles. The van der Waals surface area contributed by atoms with Crippen molar-refractivity contribution in [3.63, 3.8) is 0 Å². The van der Waals surface area contributed by atoms with E-state index in [1.807, 2.05) is 31.2 Å². The second kappa shape index (κ2) is 8.95. The number of benzene rings is 2. The molecule has 0 atom stereocenters. The highest BCUT2D eigenvalue weighted by molar-refractivity contribution is 5.95. The van der Waals surface area contributed by atoms with Crippen LogP contribution in [0.5, 0.6) is 0 Å². The summed E-state index contributed by atoms with van der Waals surface area (Å²) >= 11 is 0. The van der Waals surface area contributed by atoms with Gasteiger partial charge in [-0.25, -0.2) is 8.78 Å². The van der Waals surface area contributed by atoms with Crippen molar-refractivity contribution in [2.75, 3.05) is 10.6 Å². The van der Waals surface area contributed by atoms with Crippen LogP contribution in [0.2, 0.25) is 0 Å². The first kappa shape index (κ1) is 20.0. The standard InChI is InChI=1S/C22H24F2N2O2/c1-2-14-6-3-4-9-19(14)25-21(27)15-10-12-16(13-11-15)22(28)26-20-17(23)7-5-8-18(20)24/h3-9,15-16H,2,10-13H2,1H3,(H,25,27)(H,26,28). The van der Waals surface area contributed by atoms with Gasteiger partial charge in [0.1, 0.15) is 17.3 Å². The van der Waals surface area contributed by atoms with Crippen molar-refractivity contribution < 1.29 is 18.4 Å². The average Bonchev–Trinajstić information content (AvgIpc) is 2.71. The van der Waals surface area contributed by atoms with Crippen molar-refractivity contribution in [2.45, 2.75) is 39.0 Å². The van der Waals surface area contributed by atoms with E-state index in [1.54, 1.807) is 0 Å². The summed E-state index contributed by atoms with van der Waals surface area (Å²) in [5.74, 6) is -2.56. The number of aryl methyl sites for hydroxylation is 1. The number of rotatable bonds is 5. The molecule has 2 amide bonds. The largest absolute Gasteiger partial charge is 0.326 e. The summed E-state index contributed by atoms with van der Waals surface area (Å²) in [4.78, 5) is 25.0. The minimum absolute atomic E-state index is 0.0418. The molecule has 0 bridgehead atoms. The van der Waals surface area contributed by atoms with Crippen LogP contribution in [0.1, 0.15) is 38.2 Å². The fourth-order valence-corrected chi connectivity index (χ4v) is 3.65. The highest BCUT2D eigenvalue weighted by Crippen LogP contribution is 2.31. The Morgan fingerprint density at radius 3 is 1.96 bits per heavy atom. The lowest BCUT2D eigenvalue weighted by Crippen LogP contribution is -2.32. The van der Waals surface area contributed by atoms with Gasteiger partial charge in [-0.3, -0.25) is 9.59 Å². The van der Waals surface area contributed by atoms with Crippen LogP contribution in [0.3, 0.4) is 0 Å². The number of hydrogen-bond donors (Lipinski definition) is 2. The van der Waals surface area contributed by atoms with Crippen molar-refractivity contribution >= 4 is 23.2 Å². The van der Waals surface area contributed by atoms with E-state index in [2.05, 4.69) is 10.6 Å². The molecule has 0 aliphatic heterocycles. The molecule has 4 nitrogen and oxygen atoms in total. The van der Waals surface area contributed by atoms with E-state index in [9.17, 15) is 18.4 Å². The van der Waals surface area contributed by atoms with Gasteiger partial charge in [-0.2, -0.15) is 0 Å². The summed E-state index contributed by atoms with van der Waals surface area (Å²) in [7, 11) is 0. The monoisotopic (exact) mass is 386 g/mol. The highest BCUT2D eigenvalue weighted by Gasteiger charge is 2.30. The van der Waals surface area contributed by atoms with Gasteiger partial charge >= 0.3 is 0 Å². The van der Waals surface area contributed by atoms with Gasteiger partial charge in [0, 0.05) is 17.5 Å². The molecule has 0 aromatic heterocycles. The molecule has 1 fully saturated rings. The summed E-state index contributed by atoms with van der Waals surface area (Å²) in [6.45, 7) is 2.03. The number of hydrogen-bond acceptors (Lipinski definition) is 2. The summed E-state index contributed by atoms with van der Waals surface area (Å²) in [5, 5.41) is 5.35. The first-order valence-electron chi connectivity index (χ1n) is 9.63. The molecule has 2 aromatic carbocycles. The van der Waals surface area contributed by atoms with Crippen LogP contribution in [-0.2, 0) is 16.0 Å². The van der Waals surface area contributed by atoms with E-state index in [0.717, 1.165) is 29.8 Å². The first-order chi connectivity index (χ1) is 13.5. The van der Waals surface area contributed by atoms with Crippen molar-refractivity contribution in [3.8, 4) is 0 Å². The molecule has 6 heteroatoms. The molecule has 1 aliphatic carbocycles. The van der Waals surface area contributed by atoms with Gasteiger partial charge in [0.15, 0.2) is 0 Å². The summed E-state index contributed by atoms with van der Waals surface area (Å²) in [6, 6.07) is 11.2. The molecule has 2 aromatic rings. The van der Waals surface area contributed by atoms with Gasteiger partial charge in [0.25, 0.3) is 0 Å². The number of carbonyl (C=O) groups is 2. The molecule has 2 N–H and O–H groups in total. The van der Waals surface area contributed by atoms with Crippen molar-refractivity contribution in [3.05, 3.63) is 59.7 Å². The minimum Gasteiger partial charge on any atom is -0.326 e. The Kier molecular flexibility index (Phi) is 6.39. The zero-order chi connectivity index (χ0) is 20.1. The third-order valence-electron chi connectivity index (χ3n) is 5.34. The SMILES string of the molecule is CCc1ccccc1NC(=O)C1CCC(C(=O)Nc2c(F)cccc2F)CC1. The summed E-state index contributed by atoms with van der Waals surface area (Å²) < 4.78 is 27.4. The third kappa shape index (κ3) is 4.55. The quantitative estimate of drug-likeness (QED) is 0.767. The zero-order valence-corrected chi connectivity index (χ0v) is 15.8. The van der Waals surface area contributed by atoms with E-state index in [-0.39, 0.29) is 17.7 Å². The van der Waals surface area contributed by atoms with E-state index in [1.165, 1.54) is 6.07 Å². The molecular formula is C22H24F2N2O2. The maximum atomic E-state index is 13.7. The van der Waals surface area contributed by atoms with Gasteiger partial charge < -0.3 is 10.6 Å². The van der Waals surface area contributed by atoms with Gasteiger partial charge in [0.05, 0.1) is 0 Å². The predicted molar refractivity (Wildman–Crippen MR) is 105 cm³/mol. The van der Waals surface area contributed by atoms with Gasteiger partial charge in [-0.15, -0.1) is 0 Å². The van der Waals surface area contributed by atoms with Crippen LogP contribution in [0.4, 0.5) is 20.2 Å². The fourth-order valence-electron chi connectivity index (χ4n) is 3.65. The van der Waals surface area contributed by atoms with Crippen LogP contribution in [0.15, 0.2) is 42.5 Å². The summed E-state index contributed by atoms with van der Waals surface area (Å²) in [5.41, 5.74) is 1.49. The molecule has 148 valence electrons. The lowest BCUT2D eigenvalue weighted by Gasteiger charge is -2.27. The minimum atomic E-state index is -0.795. The maximum absolute atomic E-state index is 13.7. The van der Waals surface area contributed by atoms with Crippen LogP contribution in [0.25, 0.3) is 0 Å². The molecule has 0 saturated heterocycles. The summed E-state index contributed by atoms with van der Waals surface area (Å²) in [6.07, 6.45) is 2.98. The number of nitrogens with one attached hydrogen (secondary N) is 2. The van der Waals surface area contributed by atoms with E-state index in [0.29, 0.717) is 25.7 Å². The Labute approximate surface area is 163 Å². The molecule has 28 heavy (non-hydrogen) atoms. The van der Waals surface area contributed by atoms with Crippen molar-refractivity contribution in [2.24, 2.45) is 11.8 Å². The molecule has 1 saturated carbocycles. The topological polar surface area (TPSA) is 58.2 Å². The Morgan fingerprint density at radius 1 is 0.857 bits per heavy atom. The van der Waals surface area contributed by atoms with E-state index < -0.39 is 23.2 Å². The van der Waals surface area contributed by atoms with E-state index in [4.69, 9.17) is 0 Å². The maximum Gasteiger partial charge on any atom is 0.227 e. The van der Waals surface area contributed by atoms with Crippen LogP contribution >= 0.6 is 0 Å². The van der Waals surface area contributed by atoms with Gasteiger partial charge in [-0.1, -0.05) is 31.2 Å². The van der Waals surface area contributed by atoms with Gasteiger partial charge in [0.2, 0.25) is 11.8 Å². The molecule has 0 spiro atoms. The normalized spacial score (nSPS) is 19.1. The second-order valence-electron chi connectivity index (χ2n) is 7.13. The van der Waals surface area contributed by atoms with Gasteiger partial charge in [-0.05, 0) is 55.9 Å². The molecule has 0 unspecified atom stereocenters. The molecule has 3 rings (SSSR count). The second-order valence-corrected chi connectivity index (χ2v) is 7.13. The number of halogens is 2. The van der Waals surface area contributed by atoms with Crippen molar-refractivity contribution in [1.29, 1.82) is 0 Å². The average molecular weight is 386 g/mol. The van der Waals surface area contributed by atoms with Crippen LogP contribution in [0, 0.1) is 23.5 Å². The smallest absolute Gasteiger partial charge is 0.227 e. The number of carbonyl (C=O) groups excluding carboxylic acids is 2. The lowest BCUT2D eigenvalue weighted by atomic mass is 9.81. The fraction of sp³-hybridized carbons (Fsp3) is 0.364. The van der Waals surface area contributed by atoms with E-state index >= 15 is 0 Å². The number of anilines is 2. The van der Waals surface area contributed by atoms with Crippen molar-refractivity contribution in [1.82, 2.24) is 0 Å². The Balaban J connectivity index is 1.55. The molecular weight excluding hydrogens is 362 g/mol. The lowest BCUT2D eigenvalue weighted by molar-refractivity contribution is -0.125. The number of para-hydroxylation sites is 2. The van der Waals surface area contributed by atoms with Crippen LogP contribution < -0.4 is 10.6 Å². The molecule has 0 radical (unpaired) electrons.